The van der Waals surface area contributed by atoms with Gasteiger partial charge in [0, 0.05) is 6.54 Å². The Hall–Kier alpha value is -0.280. The number of rotatable bonds is 1. The van der Waals surface area contributed by atoms with Gasteiger partial charge in [0.2, 0.25) is 0 Å². The third-order valence-electron chi connectivity index (χ3n) is 1.89. The van der Waals surface area contributed by atoms with Gasteiger partial charge >= 0.3 is 5.97 Å². The Kier molecular flexibility index (Phi) is 3.12. The summed E-state index contributed by atoms with van der Waals surface area (Å²) in [6.07, 6.45) is 0.752. The summed E-state index contributed by atoms with van der Waals surface area (Å²) in [6.45, 7) is 3.22. The van der Waals surface area contributed by atoms with E-state index < -0.39 is 11.4 Å². The molecule has 2 N–H and O–H groups in total. The van der Waals surface area contributed by atoms with Crippen molar-refractivity contribution in [3.63, 3.8) is 0 Å². The monoisotopic (exact) mass is 165 g/mol. The Morgan fingerprint density at radius 3 is 2.50 bits per heavy atom. The van der Waals surface area contributed by atoms with E-state index in [2.05, 4.69) is 5.32 Å². The van der Waals surface area contributed by atoms with Crippen LogP contribution in [0, 0.1) is 5.41 Å². The number of carbonyl (C=O) groups is 1. The molecule has 1 aliphatic heterocycles. The number of nitrogens with one attached hydrogen (secondary N) is 1. The van der Waals surface area contributed by atoms with Crippen LogP contribution in [0.25, 0.3) is 0 Å². The van der Waals surface area contributed by atoms with Gasteiger partial charge in [0.25, 0.3) is 0 Å². The molecular formula is C6H12ClNO2. The van der Waals surface area contributed by atoms with Crippen LogP contribution in [0.2, 0.25) is 0 Å². The topological polar surface area (TPSA) is 49.3 Å². The van der Waals surface area contributed by atoms with E-state index in [9.17, 15) is 4.79 Å². The molecule has 0 saturated carbocycles. The average molecular weight is 166 g/mol. The van der Waals surface area contributed by atoms with Crippen LogP contribution < -0.4 is 5.32 Å². The third kappa shape index (κ3) is 1.61. The fourth-order valence-electron chi connectivity index (χ4n) is 0.999. The zero-order valence-electron chi connectivity index (χ0n) is 5.89. The standard InChI is InChI=1S/C6H11NO2.ClH/c1-6(5(8)9)2-3-7-4-6;/h7H,2-4H2,1H3,(H,8,9);1H. The first-order chi connectivity index (χ1) is 4.15. The first kappa shape index (κ1) is 9.72. The zero-order valence-corrected chi connectivity index (χ0v) is 6.70. The molecule has 3 nitrogen and oxygen atoms in total. The number of hydrogen-bond donors (Lipinski definition) is 2. The summed E-state index contributed by atoms with van der Waals surface area (Å²) in [4.78, 5) is 10.5. The molecule has 1 heterocycles. The normalized spacial score (nSPS) is 31.3. The van der Waals surface area contributed by atoms with Crippen LogP contribution in [0.5, 0.6) is 0 Å². The second-order valence-corrected chi connectivity index (χ2v) is 2.79. The molecule has 60 valence electrons. The van der Waals surface area contributed by atoms with Crippen molar-refractivity contribution in [2.75, 3.05) is 13.1 Å². The molecule has 0 bridgehead atoms. The first-order valence-electron chi connectivity index (χ1n) is 3.09. The fourth-order valence-corrected chi connectivity index (χ4v) is 0.999. The van der Waals surface area contributed by atoms with Crippen molar-refractivity contribution in [3.05, 3.63) is 0 Å². The highest BCUT2D eigenvalue weighted by molar-refractivity contribution is 5.85. The van der Waals surface area contributed by atoms with E-state index in [0.717, 1.165) is 13.0 Å². The highest BCUT2D eigenvalue weighted by Gasteiger charge is 2.35. The summed E-state index contributed by atoms with van der Waals surface area (Å²) in [5.41, 5.74) is -0.500. The minimum absolute atomic E-state index is 0. The van der Waals surface area contributed by atoms with Crippen molar-refractivity contribution in [1.82, 2.24) is 5.32 Å². The Morgan fingerprint density at radius 2 is 2.30 bits per heavy atom. The second-order valence-electron chi connectivity index (χ2n) is 2.79. The van der Waals surface area contributed by atoms with Crippen molar-refractivity contribution in [2.45, 2.75) is 13.3 Å². The quantitative estimate of drug-likeness (QED) is 0.595. The van der Waals surface area contributed by atoms with Crippen LogP contribution in [0.1, 0.15) is 13.3 Å². The summed E-state index contributed by atoms with van der Waals surface area (Å²) >= 11 is 0. The SMILES string of the molecule is CC1(C(=O)O)CCNC1.Cl. The van der Waals surface area contributed by atoms with Crippen molar-refractivity contribution in [1.29, 1.82) is 0 Å². The van der Waals surface area contributed by atoms with Gasteiger partial charge in [-0.15, -0.1) is 12.4 Å². The molecule has 4 heteroatoms. The summed E-state index contributed by atoms with van der Waals surface area (Å²) in [5.74, 6) is -0.688. The zero-order chi connectivity index (χ0) is 6.91. The maximum Gasteiger partial charge on any atom is 0.310 e. The van der Waals surface area contributed by atoms with Crippen LogP contribution in [-0.2, 0) is 4.79 Å². The largest absolute Gasteiger partial charge is 0.481 e. The predicted octanol–water partition coefficient (Wildman–Crippen LogP) is 0.492. The molecule has 10 heavy (non-hydrogen) atoms. The maximum absolute atomic E-state index is 10.5. The molecule has 1 unspecified atom stereocenters. The number of halogens is 1. The lowest BCUT2D eigenvalue weighted by Gasteiger charge is -2.14. The lowest BCUT2D eigenvalue weighted by Crippen LogP contribution is -2.29. The Labute approximate surface area is 66.2 Å². The minimum atomic E-state index is -0.688. The predicted molar refractivity (Wildman–Crippen MR) is 40.5 cm³/mol. The molecule has 1 atom stereocenters. The lowest BCUT2D eigenvalue weighted by molar-refractivity contribution is -0.146. The number of aliphatic carboxylic acids is 1. The Bertz CT molecular complexity index is 132. The van der Waals surface area contributed by atoms with Gasteiger partial charge in [0.1, 0.15) is 0 Å². The number of carboxylic acids is 1. The van der Waals surface area contributed by atoms with E-state index in [-0.39, 0.29) is 12.4 Å². The molecule has 0 spiro atoms. The Balaban J connectivity index is 0.000000810. The van der Waals surface area contributed by atoms with E-state index in [1.807, 2.05) is 0 Å². The van der Waals surface area contributed by atoms with Crippen LogP contribution in [-0.4, -0.2) is 24.2 Å². The number of hydrogen-bond acceptors (Lipinski definition) is 2. The Morgan fingerprint density at radius 1 is 1.70 bits per heavy atom. The molecule has 0 aromatic heterocycles. The van der Waals surface area contributed by atoms with Gasteiger partial charge in [-0.25, -0.2) is 0 Å². The molecule has 0 aliphatic carbocycles. The fraction of sp³-hybridized carbons (Fsp3) is 0.833. The average Bonchev–Trinajstić information content (AvgIpc) is 2.16. The summed E-state index contributed by atoms with van der Waals surface area (Å²) in [6, 6.07) is 0. The van der Waals surface area contributed by atoms with E-state index in [0.29, 0.717) is 6.54 Å². The van der Waals surface area contributed by atoms with Crippen LogP contribution in [0.3, 0.4) is 0 Å². The highest BCUT2D eigenvalue weighted by Crippen LogP contribution is 2.23. The van der Waals surface area contributed by atoms with Gasteiger partial charge in [0.05, 0.1) is 5.41 Å². The molecule has 0 amide bonds. The first-order valence-corrected chi connectivity index (χ1v) is 3.09. The van der Waals surface area contributed by atoms with E-state index in [1.54, 1.807) is 6.92 Å². The summed E-state index contributed by atoms with van der Waals surface area (Å²) < 4.78 is 0. The van der Waals surface area contributed by atoms with Crippen LogP contribution >= 0.6 is 12.4 Å². The van der Waals surface area contributed by atoms with E-state index in [4.69, 9.17) is 5.11 Å². The molecule has 0 radical (unpaired) electrons. The van der Waals surface area contributed by atoms with Gasteiger partial charge in [-0.2, -0.15) is 0 Å². The van der Waals surface area contributed by atoms with Crippen molar-refractivity contribution >= 4 is 18.4 Å². The van der Waals surface area contributed by atoms with Crippen molar-refractivity contribution < 1.29 is 9.90 Å². The summed E-state index contributed by atoms with van der Waals surface area (Å²) in [7, 11) is 0. The molecule has 1 aliphatic rings. The molecule has 1 saturated heterocycles. The van der Waals surface area contributed by atoms with Gasteiger partial charge in [-0.1, -0.05) is 0 Å². The molecule has 1 rings (SSSR count). The maximum atomic E-state index is 10.5. The molecule has 0 aromatic carbocycles. The third-order valence-corrected chi connectivity index (χ3v) is 1.89. The van der Waals surface area contributed by atoms with E-state index >= 15 is 0 Å². The smallest absolute Gasteiger partial charge is 0.310 e. The molecule has 0 aromatic rings. The minimum Gasteiger partial charge on any atom is -0.481 e. The van der Waals surface area contributed by atoms with Gasteiger partial charge in [-0.3, -0.25) is 4.79 Å². The van der Waals surface area contributed by atoms with Gasteiger partial charge in [-0.05, 0) is 19.9 Å². The van der Waals surface area contributed by atoms with Gasteiger partial charge < -0.3 is 10.4 Å². The van der Waals surface area contributed by atoms with Crippen molar-refractivity contribution in [3.8, 4) is 0 Å². The number of carboxylic acid groups (broad SMARTS) is 1. The molecular weight excluding hydrogens is 154 g/mol. The van der Waals surface area contributed by atoms with Crippen LogP contribution in [0.4, 0.5) is 0 Å². The lowest BCUT2D eigenvalue weighted by atomic mass is 9.90. The second kappa shape index (κ2) is 3.21. The molecule has 1 fully saturated rings. The van der Waals surface area contributed by atoms with Crippen molar-refractivity contribution in [2.24, 2.45) is 5.41 Å². The van der Waals surface area contributed by atoms with Gasteiger partial charge in [0.15, 0.2) is 0 Å². The summed E-state index contributed by atoms with van der Waals surface area (Å²) in [5, 5.41) is 11.6. The van der Waals surface area contributed by atoms with Crippen LogP contribution in [0.15, 0.2) is 0 Å². The highest BCUT2D eigenvalue weighted by atomic mass is 35.5. The van der Waals surface area contributed by atoms with E-state index in [1.165, 1.54) is 0 Å².